The van der Waals surface area contributed by atoms with E-state index in [0.717, 1.165) is 64.7 Å². The van der Waals surface area contributed by atoms with Gasteiger partial charge in [0.1, 0.15) is 13.1 Å². The first-order valence-corrected chi connectivity index (χ1v) is 38.3. The van der Waals surface area contributed by atoms with E-state index >= 15 is 0 Å². The fraction of sp³-hybridized carbons (Fsp3) is 0.500. The van der Waals surface area contributed by atoms with Gasteiger partial charge in [-0.3, -0.25) is 0 Å². The maximum atomic E-state index is 2.68. The van der Waals surface area contributed by atoms with Crippen molar-refractivity contribution in [3.8, 4) is 0 Å². The highest BCUT2D eigenvalue weighted by atomic mass is 15.2. The van der Waals surface area contributed by atoms with Crippen molar-refractivity contribution in [1.29, 1.82) is 0 Å². The Morgan fingerprint density at radius 2 is 0.938 bits per heavy atom. The summed E-state index contributed by atoms with van der Waals surface area (Å²) in [6.07, 6.45) is 49.0. The number of anilines is 2. The van der Waals surface area contributed by atoms with Crippen LogP contribution in [0.15, 0.2) is 165 Å². The van der Waals surface area contributed by atoms with Crippen molar-refractivity contribution >= 4 is 46.3 Å². The molecule has 4 aromatic carbocycles. The van der Waals surface area contributed by atoms with Gasteiger partial charge in [0.05, 0.1) is 10.8 Å². The lowest BCUT2D eigenvalue weighted by Crippen LogP contribution is -2.28. The SMILES string of the molecule is CCCCCN1/C(=C/C=C2\CCCC(/C=C/C3=[N+](CCCCC)c4ccc(C)cc4C3(C)C)=C2C)C(C)(C)c2cc(C)ccc21.CCCCCN1C(=CC=C2CCCC(C=CC3=[N+](CCCCC)c4ccc5c(c4C3(C)C)CC(C)=C5)=C2C)C(C)(C)c2c1ccc1c2C=C(C)C1. The Morgan fingerprint density at radius 1 is 0.438 bits per heavy atom. The van der Waals surface area contributed by atoms with Gasteiger partial charge in [-0.2, -0.15) is 9.15 Å². The third-order valence-electron chi connectivity index (χ3n) is 23.6. The zero-order valence-electron chi connectivity index (χ0n) is 63.3. The second-order valence-electron chi connectivity index (χ2n) is 32.3. The summed E-state index contributed by atoms with van der Waals surface area (Å²) in [5.41, 5.74) is 38.1. The first kappa shape index (κ1) is 70.5. The molecule has 96 heavy (non-hydrogen) atoms. The number of benzene rings is 4. The summed E-state index contributed by atoms with van der Waals surface area (Å²) in [5, 5.41) is 0. The molecule has 0 spiro atoms. The monoisotopic (exact) mass is 1280 g/mol. The quantitative estimate of drug-likeness (QED) is 0.0574. The summed E-state index contributed by atoms with van der Waals surface area (Å²) in [7, 11) is 0. The van der Waals surface area contributed by atoms with Gasteiger partial charge >= 0.3 is 0 Å². The first-order chi connectivity index (χ1) is 46.0. The molecule has 0 fully saturated rings. The van der Waals surface area contributed by atoms with E-state index < -0.39 is 0 Å². The molecule has 4 nitrogen and oxygen atoms in total. The van der Waals surface area contributed by atoms with Crippen LogP contribution in [-0.4, -0.2) is 46.8 Å². The van der Waals surface area contributed by atoms with Crippen LogP contribution in [0, 0.1) is 13.8 Å². The zero-order chi connectivity index (χ0) is 68.4. The van der Waals surface area contributed by atoms with Gasteiger partial charge in [-0.05, 0) is 250 Å². The van der Waals surface area contributed by atoms with Gasteiger partial charge in [-0.15, -0.1) is 0 Å². The van der Waals surface area contributed by atoms with Gasteiger partial charge in [-0.25, -0.2) is 0 Å². The summed E-state index contributed by atoms with van der Waals surface area (Å²) in [6.45, 7) is 46.9. The minimum Gasteiger partial charge on any atom is -0.344 e. The molecular weight excluding hydrogens is 1160 g/mol. The maximum absolute atomic E-state index is 2.68. The molecule has 4 aliphatic carbocycles. The van der Waals surface area contributed by atoms with Crippen LogP contribution in [0.2, 0.25) is 0 Å². The topological polar surface area (TPSA) is 12.5 Å². The lowest BCUT2D eigenvalue weighted by molar-refractivity contribution is -0.438. The normalized spacial score (nSPS) is 21.2. The fourth-order valence-electron chi connectivity index (χ4n) is 18.0. The second kappa shape index (κ2) is 29.3. The predicted molar refractivity (Wildman–Crippen MR) is 418 cm³/mol. The Bertz CT molecular complexity index is 4050. The largest absolute Gasteiger partial charge is 0.344 e. The van der Waals surface area contributed by atoms with Crippen LogP contribution in [0.4, 0.5) is 22.7 Å². The lowest BCUT2D eigenvalue weighted by Gasteiger charge is -2.27. The van der Waals surface area contributed by atoms with E-state index in [-0.39, 0.29) is 21.7 Å². The molecule has 0 saturated heterocycles. The molecule has 12 rings (SSSR count). The molecule has 0 atom stereocenters. The zero-order valence-corrected chi connectivity index (χ0v) is 63.3. The van der Waals surface area contributed by atoms with Crippen LogP contribution in [0.5, 0.6) is 0 Å². The van der Waals surface area contributed by atoms with Crippen molar-refractivity contribution in [2.75, 3.05) is 36.0 Å². The van der Waals surface area contributed by atoms with Crippen molar-refractivity contribution in [2.24, 2.45) is 0 Å². The van der Waals surface area contributed by atoms with Crippen molar-refractivity contribution in [3.63, 3.8) is 0 Å². The molecule has 0 bridgehead atoms. The summed E-state index contributed by atoms with van der Waals surface area (Å²) in [5.74, 6) is 0. The molecule has 0 amide bonds. The summed E-state index contributed by atoms with van der Waals surface area (Å²) < 4.78 is 5.30. The number of aryl methyl sites for hydroxylation is 2. The Hall–Kier alpha value is -6.78. The highest BCUT2D eigenvalue weighted by molar-refractivity contribution is 6.05. The number of unbranched alkanes of at least 4 members (excludes halogenated alkanes) is 8. The van der Waals surface area contributed by atoms with Gasteiger partial charge in [0.15, 0.2) is 11.4 Å². The van der Waals surface area contributed by atoms with Crippen molar-refractivity contribution < 1.29 is 9.15 Å². The highest BCUT2D eigenvalue weighted by Gasteiger charge is 2.48. The van der Waals surface area contributed by atoms with Crippen LogP contribution in [0.25, 0.3) is 12.2 Å². The molecule has 0 saturated carbocycles. The van der Waals surface area contributed by atoms with E-state index in [2.05, 4.69) is 265 Å². The Morgan fingerprint density at radius 3 is 1.53 bits per heavy atom. The van der Waals surface area contributed by atoms with Gasteiger partial charge in [-0.1, -0.05) is 177 Å². The number of nitrogens with zero attached hydrogens (tertiary/aromatic N) is 4. The molecular formula is C92H122N4+2. The van der Waals surface area contributed by atoms with Crippen molar-refractivity contribution in [3.05, 3.63) is 221 Å². The molecule has 4 heterocycles. The van der Waals surface area contributed by atoms with Crippen LogP contribution < -0.4 is 9.80 Å². The van der Waals surface area contributed by atoms with E-state index in [1.807, 2.05) is 0 Å². The molecule has 4 aromatic rings. The number of hydrogen-bond acceptors (Lipinski definition) is 2. The predicted octanol–water partition coefficient (Wildman–Crippen LogP) is 24.8. The third-order valence-corrected chi connectivity index (χ3v) is 23.6. The van der Waals surface area contributed by atoms with E-state index in [9.17, 15) is 0 Å². The van der Waals surface area contributed by atoms with E-state index in [0.29, 0.717) is 0 Å². The molecule has 0 radical (unpaired) electrons. The van der Waals surface area contributed by atoms with E-state index in [1.165, 1.54) is 225 Å². The van der Waals surface area contributed by atoms with Crippen LogP contribution >= 0.6 is 0 Å². The average molecular weight is 1280 g/mol. The van der Waals surface area contributed by atoms with Crippen LogP contribution in [0.3, 0.4) is 0 Å². The third kappa shape index (κ3) is 13.7. The highest BCUT2D eigenvalue weighted by Crippen LogP contribution is 2.54. The molecule has 0 unspecified atom stereocenters. The Kier molecular flexibility index (Phi) is 21.6. The summed E-state index contributed by atoms with van der Waals surface area (Å²) >= 11 is 0. The van der Waals surface area contributed by atoms with E-state index in [1.54, 1.807) is 11.1 Å². The molecule has 0 N–H and O–H groups in total. The van der Waals surface area contributed by atoms with Crippen molar-refractivity contribution in [2.45, 2.75) is 275 Å². The van der Waals surface area contributed by atoms with Gasteiger partial charge in [0.2, 0.25) is 11.4 Å². The second-order valence-corrected chi connectivity index (χ2v) is 32.3. The molecule has 508 valence electrons. The molecule has 4 heteroatoms. The summed E-state index contributed by atoms with van der Waals surface area (Å²) in [6, 6.07) is 23.7. The standard InChI is InChI=1S/C49H63N2.C43H59N2/c1-10-12-14-27-50-42-23-19-38-29-33(3)31-40(38)46(42)48(6,7)44(50)25-21-36-17-16-18-37(35(36)5)22-26-45-49(8,9)47-41-32-34(4)30-39(41)20-24-43(47)51(45)28-15-13-11-2;1-10-12-14-27-44-38-23-19-31(3)29-36(38)42(6,7)40(44)25-21-34-17-16-18-35(33(34)5)22-26-41-43(8,9)37-30-32(4)20-24-39(37)45(41)28-15-13-11-2/h19-26,29,32H,10-18,27-28,30-31H2,1-9H3;19-26,29-30H,10-18,27-28H2,1-9H3/q2*+1. The minimum absolute atomic E-state index is 0.00105. The lowest BCUT2D eigenvalue weighted by atomic mass is 9.77. The fourth-order valence-corrected chi connectivity index (χ4v) is 18.0. The Balaban J connectivity index is 0.000000197. The molecule has 8 aliphatic rings. The number of rotatable bonds is 22. The van der Waals surface area contributed by atoms with Gasteiger partial charge in [0.25, 0.3) is 0 Å². The Labute approximate surface area is 583 Å². The average Bonchev–Trinajstić information content (AvgIpc) is 1.58. The smallest absolute Gasteiger partial charge is 0.210 e. The number of hydrogen-bond donors (Lipinski definition) is 0. The number of allylic oxidation sites excluding steroid dienone is 18. The maximum Gasteiger partial charge on any atom is 0.210 e. The molecule has 0 aromatic heterocycles. The van der Waals surface area contributed by atoms with E-state index in [4.69, 9.17) is 0 Å². The first-order valence-electron chi connectivity index (χ1n) is 38.3. The summed E-state index contributed by atoms with van der Waals surface area (Å²) in [4.78, 5) is 5.29. The van der Waals surface area contributed by atoms with Crippen molar-refractivity contribution in [1.82, 2.24) is 0 Å². The van der Waals surface area contributed by atoms with Crippen LogP contribution in [0.1, 0.15) is 282 Å². The molecule has 4 aliphatic heterocycles. The van der Waals surface area contributed by atoms with Gasteiger partial charge in [0, 0.05) is 94.9 Å². The van der Waals surface area contributed by atoms with Gasteiger partial charge < -0.3 is 9.80 Å². The minimum atomic E-state index is -0.0325. The van der Waals surface area contributed by atoms with Crippen LogP contribution in [-0.2, 0) is 34.5 Å². The number of fused-ring (bicyclic) bond motifs is 8.